The molecular formula is C76H82ClN25O4S. The maximum absolute atomic E-state index is 12.6. The Morgan fingerprint density at radius 3 is 1.29 bits per heavy atom. The first-order valence-electron chi connectivity index (χ1n) is 35.8. The molecule has 12 heterocycles. The number of thioether (sulfide) groups is 1. The van der Waals surface area contributed by atoms with Crippen molar-refractivity contribution in [3.63, 3.8) is 0 Å². The second-order valence-electron chi connectivity index (χ2n) is 26.8. The summed E-state index contributed by atoms with van der Waals surface area (Å²) in [6, 6.07) is 35.2. The number of rotatable bonds is 21. The van der Waals surface area contributed by atoms with Crippen molar-refractivity contribution in [2.75, 3.05) is 106 Å². The molecule has 17 rings (SSSR count). The number of nitrogens with one attached hydrogen (secondary N) is 12. The molecule has 29 nitrogen and oxygen atoms in total. The third kappa shape index (κ3) is 17.4. The highest BCUT2D eigenvalue weighted by Gasteiger charge is 2.22. The molecule has 5 aromatic carbocycles. The summed E-state index contributed by atoms with van der Waals surface area (Å²) in [5.41, 5.74) is 8.80. The molecule has 4 aliphatic rings. The first-order chi connectivity index (χ1) is 52.4. The lowest BCUT2D eigenvalue weighted by Gasteiger charge is -2.10. The van der Waals surface area contributed by atoms with Crippen LogP contribution in [0, 0.1) is 42.6 Å². The van der Waals surface area contributed by atoms with Crippen LogP contribution < -0.4 is 65.3 Å². The molecule has 0 spiro atoms. The third-order valence-electron chi connectivity index (χ3n) is 19.7. The lowest BCUT2D eigenvalue weighted by molar-refractivity contribution is 0.613. The lowest BCUT2D eigenvalue weighted by atomic mass is 10.0. The number of aromatic nitrogens is 16. The summed E-state index contributed by atoms with van der Waals surface area (Å²) in [6.45, 7) is 20.3. The molecule has 4 fully saturated rings. The number of anilines is 4. The van der Waals surface area contributed by atoms with E-state index in [2.05, 4.69) is 143 Å². The zero-order valence-corrected chi connectivity index (χ0v) is 60.5. The zero-order valence-electron chi connectivity index (χ0n) is 59.0. The van der Waals surface area contributed by atoms with Crippen LogP contribution in [0.3, 0.4) is 0 Å². The highest BCUT2D eigenvalue weighted by Crippen LogP contribution is 2.29. The summed E-state index contributed by atoms with van der Waals surface area (Å²) in [5.74, 6) is 7.09. The number of benzene rings is 5. The Kier molecular flexibility index (Phi) is 23.1. The number of aromatic amines is 4. The summed E-state index contributed by atoms with van der Waals surface area (Å²) >= 11 is 7.94. The van der Waals surface area contributed by atoms with Crippen molar-refractivity contribution in [1.82, 2.24) is 99.3 Å². The van der Waals surface area contributed by atoms with E-state index in [1.807, 2.05) is 66.9 Å². The number of nitrogens with zero attached hydrogens (tertiary/aromatic N) is 13. The molecule has 0 radical (unpaired) electrons. The van der Waals surface area contributed by atoms with E-state index in [4.69, 9.17) is 24.6 Å². The van der Waals surface area contributed by atoms with Crippen LogP contribution in [0.25, 0.3) is 60.3 Å². The van der Waals surface area contributed by atoms with E-state index >= 15 is 0 Å². The van der Waals surface area contributed by atoms with Gasteiger partial charge in [0, 0.05) is 48.2 Å². The van der Waals surface area contributed by atoms with Gasteiger partial charge in [0.05, 0.1) is 51.0 Å². The second-order valence-corrected chi connectivity index (χ2v) is 28.1. The van der Waals surface area contributed by atoms with Gasteiger partial charge in [-0.05, 0) is 159 Å². The van der Waals surface area contributed by atoms with Gasteiger partial charge in [-0.3, -0.25) is 18.3 Å². The van der Waals surface area contributed by atoms with Gasteiger partial charge in [0.1, 0.15) is 22.1 Å². The molecule has 4 atom stereocenters. The van der Waals surface area contributed by atoms with Gasteiger partial charge < -0.3 is 62.5 Å². The van der Waals surface area contributed by atoms with Gasteiger partial charge in [0.15, 0.2) is 28.3 Å². The van der Waals surface area contributed by atoms with Crippen LogP contribution in [-0.4, -0.2) is 163 Å². The van der Waals surface area contributed by atoms with Crippen molar-refractivity contribution < 1.29 is 0 Å². The third-order valence-corrected chi connectivity index (χ3v) is 20.8. The molecule has 31 heteroatoms. The second kappa shape index (κ2) is 34.2. The first-order valence-corrected chi connectivity index (χ1v) is 37.4. The van der Waals surface area contributed by atoms with Crippen LogP contribution in [0.5, 0.6) is 0 Å². The molecule has 4 aliphatic heterocycles. The maximum atomic E-state index is 12.6. The fourth-order valence-electron chi connectivity index (χ4n) is 13.7. The van der Waals surface area contributed by atoms with Crippen molar-refractivity contribution >= 4 is 108 Å². The van der Waals surface area contributed by atoms with E-state index in [0.717, 1.165) is 142 Å². The Hall–Kier alpha value is -11.5. The van der Waals surface area contributed by atoms with Gasteiger partial charge in [0.2, 0.25) is 23.8 Å². The van der Waals surface area contributed by atoms with Crippen LogP contribution in [0.2, 0.25) is 5.02 Å². The molecule has 0 saturated carbocycles. The standard InChI is InChI=1S/C21H22N6O.C19H20N6O.C18H18ClN7O.C18H22N6OS/c28-21-25-18-12-24-20(23-11-14-8-9-22-10-14)26-19(18)27(21)13-16-6-3-5-15-4-1-2-7-17(15)16;1-2-14-5-3-4-6-15(14)12-25-17-16(23-19(25)26)11-22-18(24-17)21-10-13-7-8-20-9-13;1-20-14-4-2-3-13(19)12(14)10-26-16-15(24-18(26)27)9-23-17(25-16)22-8-11-5-6-21-7-11;1-26-15-5-3-2-4-13(15)11-24-16-14(22-18(24)25)10-21-17(23-16)20-9-12-6-7-19-8-12/h1-7,12,14,22H,8-11,13H2,(H,25,28)(H,23,24,26);1,3-6,11,13,20H,7-10,12H2,(H,23,26)(H,21,22,24);2-4,9,11,21H,5-8,10H2,(H,24,27)(H,22,23,25);2-5,10,12,19H,6-9,11H2,1H3,(H,22,25)(H,20,21,23)/t14-;13-;11-;12-/m1111/s1. The molecule has 0 aliphatic carbocycles. The number of H-pyrrole nitrogens is 4. The minimum atomic E-state index is -0.313. The summed E-state index contributed by atoms with van der Waals surface area (Å²) < 4.78 is 6.43. The van der Waals surface area contributed by atoms with Gasteiger partial charge >= 0.3 is 22.8 Å². The monoisotopic (exact) mass is 1480 g/mol. The number of imidazole rings is 4. The largest absolute Gasteiger partial charge is 0.354 e. The Morgan fingerprint density at radius 1 is 0.486 bits per heavy atom. The van der Waals surface area contributed by atoms with Gasteiger partial charge in [-0.25, -0.2) is 44.0 Å². The zero-order chi connectivity index (χ0) is 73.6. The molecular weight excluding hydrogens is 1390 g/mol. The van der Waals surface area contributed by atoms with Crippen molar-refractivity contribution in [2.24, 2.45) is 23.7 Å². The summed E-state index contributed by atoms with van der Waals surface area (Å²) in [5, 5.41) is 29.3. The molecule has 548 valence electrons. The number of hydrogen-bond donors (Lipinski definition) is 12. The summed E-state index contributed by atoms with van der Waals surface area (Å²) in [7, 11) is 0. The van der Waals surface area contributed by atoms with E-state index < -0.39 is 0 Å². The number of fused-ring (bicyclic) bond motifs is 5. The number of halogens is 1. The SMILES string of the molecule is C#Cc1ccccc1Cn1c(=O)[nH]c2cnc(NC[C@@H]3CCNC3)nc21.CSc1ccccc1Cn1c(=O)[nH]c2cnc(NC[C@@H]3CCNC3)nc21.O=c1[nH]c2cnc(NC[C@@H]3CCNC3)nc2n1Cc1cccc2ccccc12.[C-]#[N+]c1cccc(Cl)c1Cn1c(=O)[nH]c2cnc(NC[C@@H]3CCNC3)nc21. The minimum absolute atomic E-state index is 0.164. The van der Waals surface area contributed by atoms with Crippen molar-refractivity contribution in [3.05, 3.63) is 220 Å². The molecule has 107 heavy (non-hydrogen) atoms. The van der Waals surface area contributed by atoms with Gasteiger partial charge in [-0.15, -0.1) is 18.2 Å². The van der Waals surface area contributed by atoms with Crippen LogP contribution in [0.4, 0.5) is 29.5 Å². The van der Waals surface area contributed by atoms with E-state index in [0.29, 0.717) is 128 Å². The fourth-order valence-corrected chi connectivity index (χ4v) is 14.6. The first kappa shape index (κ1) is 72.4. The Balaban J connectivity index is 0.000000120. The predicted molar refractivity (Wildman–Crippen MR) is 421 cm³/mol. The number of terminal acetylenes is 1. The topological polar surface area (TPSA) is 355 Å². The number of hydrogen-bond acceptors (Lipinski definition) is 21. The summed E-state index contributed by atoms with van der Waals surface area (Å²) in [4.78, 5) is 101. The quantitative estimate of drug-likeness (QED) is 0.0185. The summed E-state index contributed by atoms with van der Waals surface area (Å²) in [6.07, 6.45) is 18.8. The molecule has 0 amide bonds. The van der Waals surface area contributed by atoms with E-state index in [1.165, 1.54) is 4.57 Å². The van der Waals surface area contributed by atoms with Gasteiger partial charge in [-0.1, -0.05) is 109 Å². The highest BCUT2D eigenvalue weighted by atomic mass is 35.5. The molecule has 8 aromatic heterocycles. The van der Waals surface area contributed by atoms with Crippen LogP contribution >= 0.6 is 23.4 Å². The average molecular weight is 1480 g/mol. The molecule has 0 unspecified atom stereocenters. The minimum Gasteiger partial charge on any atom is -0.354 e. The van der Waals surface area contributed by atoms with Crippen molar-refractivity contribution in [2.45, 2.75) is 56.8 Å². The molecule has 4 saturated heterocycles. The molecule has 12 N–H and O–H groups in total. The van der Waals surface area contributed by atoms with Gasteiger partial charge in [0.25, 0.3) is 0 Å². The van der Waals surface area contributed by atoms with E-state index in [1.54, 1.807) is 68.4 Å². The van der Waals surface area contributed by atoms with E-state index in [-0.39, 0.29) is 29.3 Å². The predicted octanol–water partition coefficient (Wildman–Crippen LogP) is 7.82. The Bertz CT molecular complexity index is 5620. The maximum Gasteiger partial charge on any atom is 0.328 e. The average Bonchev–Trinajstić information content (AvgIpc) is 1.68. The van der Waals surface area contributed by atoms with E-state index in [9.17, 15) is 19.2 Å². The smallest absolute Gasteiger partial charge is 0.328 e. The van der Waals surface area contributed by atoms with Gasteiger partial charge in [-0.2, -0.15) is 19.9 Å². The lowest BCUT2D eigenvalue weighted by Crippen LogP contribution is -2.19. The highest BCUT2D eigenvalue weighted by molar-refractivity contribution is 7.98. The Labute approximate surface area is 623 Å². The van der Waals surface area contributed by atoms with Crippen LogP contribution in [0.1, 0.15) is 53.5 Å². The molecule has 0 bridgehead atoms. The Morgan fingerprint density at radius 2 is 0.860 bits per heavy atom. The van der Waals surface area contributed by atoms with Crippen LogP contribution in [0.15, 0.2) is 158 Å². The molecule has 13 aromatic rings. The van der Waals surface area contributed by atoms with Crippen molar-refractivity contribution in [3.8, 4) is 12.3 Å². The fraction of sp³-hybridized carbons (Fsp3) is 0.329. The van der Waals surface area contributed by atoms with Crippen molar-refractivity contribution in [1.29, 1.82) is 0 Å². The van der Waals surface area contributed by atoms with Crippen LogP contribution in [-0.2, 0) is 26.2 Å². The normalized spacial score (nSPS) is 16.7.